The lowest BCUT2D eigenvalue weighted by molar-refractivity contribution is 0.0693. The molecule has 14 heteroatoms. The summed E-state index contributed by atoms with van der Waals surface area (Å²) in [4.78, 5) is 13.3. The van der Waals surface area contributed by atoms with Gasteiger partial charge in [0.2, 0.25) is 0 Å². The monoisotopic (exact) mass is 455 g/mol. The number of morpholine rings is 1. The van der Waals surface area contributed by atoms with Gasteiger partial charge in [0.25, 0.3) is 20.4 Å². The van der Waals surface area contributed by atoms with Gasteiger partial charge in [0.05, 0.1) is 19.8 Å². The number of nitrogens with zero attached hydrogens (tertiary/aromatic N) is 5. The molecule has 3 aliphatic rings. The first-order valence-electron chi connectivity index (χ1n) is 9.76. The van der Waals surface area contributed by atoms with Crippen LogP contribution in [0.25, 0.3) is 0 Å². The van der Waals surface area contributed by atoms with Crippen LogP contribution in [0.5, 0.6) is 0 Å². The van der Waals surface area contributed by atoms with Crippen molar-refractivity contribution in [2.75, 3.05) is 85.3 Å². The number of carbonyl (C=O) groups is 1. The van der Waals surface area contributed by atoms with Gasteiger partial charge in [0, 0.05) is 65.4 Å². The second-order valence-electron chi connectivity index (χ2n) is 6.91. The van der Waals surface area contributed by atoms with Crippen LogP contribution in [-0.2, 0) is 29.9 Å². The van der Waals surface area contributed by atoms with E-state index in [0.717, 1.165) is 0 Å². The fourth-order valence-electron chi connectivity index (χ4n) is 3.55. The first kappa shape index (κ1) is 22.7. The Bertz CT molecular complexity index is 769. The lowest BCUT2D eigenvalue weighted by Crippen LogP contribution is -2.59. The second kappa shape index (κ2) is 9.41. The lowest BCUT2D eigenvalue weighted by atomic mass is 10.4. The molecule has 12 nitrogen and oxygen atoms in total. The summed E-state index contributed by atoms with van der Waals surface area (Å²) in [5.41, 5.74) is 0. The molecular formula is C15H29N5O7S2. The van der Waals surface area contributed by atoms with Crippen molar-refractivity contribution in [2.45, 2.75) is 6.92 Å². The van der Waals surface area contributed by atoms with Crippen molar-refractivity contribution >= 4 is 26.5 Å². The highest BCUT2D eigenvalue weighted by molar-refractivity contribution is 7.87. The molecule has 0 saturated carbocycles. The van der Waals surface area contributed by atoms with Gasteiger partial charge in [-0.2, -0.15) is 34.1 Å². The number of hydrogen-bond donors (Lipinski definition) is 0. The summed E-state index contributed by atoms with van der Waals surface area (Å²) in [6.45, 7) is 4.69. The zero-order valence-electron chi connectivity index (χ0n) is 16.6. The molecule has 0 N–H and O–H groups in total. The summed E-state index contributed by atoms with van der Waals surface area (Å²) in [6.07, 6.45) is -0.438. The second-order valence-corrected chi connectivity index (χ2v) is 10.8. The molecule has 0 atom stereocenters. The van der Waals surface area contributed by atoms with Crippen LogP contribution in [0, 0.1) is 0 Å². The van der Waals surface area contributed by atoms with Crippen LogP contribution in [0.2, 0.25) is 0 Å². The van der Waals surface area contributed by atoms with Gasteiger partial charge in [-0.05, 0) is 6.92 Å². The smallest absolute Gasteiger partial charge is 0.409 e. The summed E-state index contributed by atoms with van der Waals surface area (Å²) in [7, 11) is -7.32. The molecular weight excluding hydrogens is 426 g/mol. The van der Waals surface area contributed by atoms with E-state index in [9.17, 15) is 21.6 Å². The first-order valence-corrected chi connectivity index (χ1v) is 12.6. The molecule has 0 aliphatic carbocycles. The number of ether oxygens (including phenoxy) is 2. The summed E-state index contributed by atoms with van der Waals surface area (Å²) < 4.78 is 66.8. The molecule has 0 spiro atoms. The SMILES string of the molecule is CCOC(=O)N1CCN(S(=O)(=O)N2CCN(S(=O)(=O)N3CCOCC3)CC2)CC1. The zero-order valence-corrected chi connectivity index (χ0v) is 18.2. The molecule has 0 aromatic carbocycles. The molecule has 3 rings (SSSR count). The number of hydrogen-bond acceptors (Lipinski definition) is 7. The molecule has 29 heavy (non-hydrogen) atoms. The van der Waals surface area contributed by atoms with Gasteiger partial charge >= 0.3 is 6.09 Å². The molecule has 0 unspecified atom stereocenters. The van der Waals surface area contributed by atoms with Gasteiger partial charge in [-0.1, -0.05) is 0 Å². The van der Waals surface area contributed by atoms with Gasteiger partial charge < -0.3 is 14.4 Å². The minimum absolute atomic E-state index is 0.101. The van der Waals surface area contributed by atoms with Crippen molar-refractivity contribution in [2.24, 2.45) is 0 Å². The van der Waals surface area contributed by atoms with Crippen molar-refractivity contribution < 1.29 is 31.1 Å². The minimum atomic E-state index is -3.71. The van der Waals surface area contributed by atoms with Gasteiger partial charge in [-0.3, -0.25) is 0 Å². The molecule has 0 aromatic heterocycles. The third-order valence-electron chi connectivity index (χ3n) is 5.24. The maximum absolute atomic E-state index is 12.9. The Hall–Kier alpha value is -1.03. The Kier molecular flexibility index (Phi) is 7.35. The fraction of sp³-hybridized carbons (Fsp3) is 0.933. The zero-order chi connectivity index (χ0) is 21.1. The third kappa shape index (κ3) is 5.00. The van der Waals surface area contributed by atoms with E-state index in [0.29, 0.717) is 26.3 Å². The molecule has 168 valence electrons. The van der Waals surface area contributed by atoms with Gasteiger partial charge in [-0.25, -0.2) is 4.79 Å². The van der Waals surface area contributed by atoms with Gasteiger partial charge in [-0.15, -0.1) is 0 Å². The van der Waals surface area contributed by atoms with Crippen LogP contribution in [0.15, 0.2) is 0 Å². The summed E-state index contributed by atoms with van der Waals surface area (Å²) in [5.74, 6) is 0. The van der Waals surface area contributed by atoms with E-state index >= 15 is 0 Å². The topological polar surface area (TPSA) is 120 Å². The molecule has 3 saturated heterocycles. The van der Waals surface area contributed by atoms with Gasteiger partial charge in [0.15, 0.2) is 0 Å². The number of amides is 1. The molecule has 3 heterocycles. The average molecular weight is 456 g/mol. The largest absolute Gasteiger partial charge is 0.450 e. The Labute approximate surface area is 172 Å². The highest BCUT2D eigenvalue weighted by atomic mass is 32.2. The van der Waals surface area contributed by atoms with Crippen LogP contribution in [-0.4, -0.2) is 130 Å². The quantitative estimate of drug-likeness (QED) is 0.480. The number of carbonyl (C=O) groups excluding carboxylic acids is 1. The molecule has 3 aliphatic heterocycles. The number of rotatable bonds is 5. The van der Waals surface area contributed by atoms with E-state index in [-0.39, 0.29) is 59.0 Å². The number of piperazine rings is 2. The Balaban J connectivity index is 1.54. The summed E-state index contributed by atoms with van der Waals surface area (Å²) in [6, 6.07) is 0. The van der Waals surface area contributed by atoms with Crippen molar-refractivity contribution in [3.8, 4) is 0 Å². The minimum Gasteiger partial charge on any atom is -0.450 e. The van der Waals surface area contributed by atoms with Crippen molar-refractivity contribution in [1.29, 1.82) is 0 Å². The van der Waals surface area contributed by atoms with Crippen LogP contribution >= 0.6 is 0 Å². The summed E-state index contributed by atoms with van der Waals surface area (Å²) in [5, 5.41) is 0. The standard InChI is InChI=1S/C15H29N5O7S2/c1-2-27-15(21)16-3-5-17(6-4-16)28(22,23)18-7-9-19(10-8-18)29(24,25)20-11-13-26-14-12-20/h2-14H2,1H3. The van der Waals surface area contributed by atoms with E-state index in [1.54, 1.807) is 6.92 Å². The first-order chi connectivity index (χ1) is 13.8. The van der Waals surface area contributed by atoms with Crippen molar-refractivity contribution in [1.82, 2.24) is 22.1 Å². The van der Waals surface area contributed by atoms with E-state index in [1.165, 1.54) is 22.1 Å². The Morgan fingerprint density at radius 2 is 1.10 bits per heavy atom. The van der Waals surface area contributed by atoms with Crippen LogP contribution in [0.4, 0.5) is 4.79 Å². The molecule has 3 fully saturated rings. The van der Waals surface area contributed by atoms with E-state index < -0.39 is 26.5 Å². The lowest BCUT2D eigenvalue weighted by Gasteiger charge is -2.40. The van der Waals surface area contributed by atoms with Crippen molar-refractivity contribution in [3.63, 3.8) is 0 Å². The Morgan fingerprint density at radius 1 is 0.724 bits per heavy atom. The van der Waals surface area contributed by atoms with Crippen molar-refractivity contribution in [3.05, 3.63) is 0 Å². The van der Waals surface area contributed by atoms with Crippen LogP contribution in [0.1, 0.15) is 6.92 Å². The normalized spacial score (nSPS) is 24.5. The highest BCUT2D eigenvalue weighted by Crippen LogP contribution is 2.18. The molecule has 1 amide bonds. The maximum Gasteiger partial charge on any atom is 0.409 e. The average Bonchev–Trinajstić information content (AvgIpc) is 2.74. The highest BCUT2D eigenvalue weighted by Gasteiger charge is 2.39. The fourth-order valence-corrected chi connectivity index (χ4v) is 6.69. The molecule has 0 aromatic rings. The Morgan fingerprint density at radius 3 is 1.52 bits per heavy atom. The molecule has 0 bridgehead atoms. The van der Waals surface area contributed by atoms with E-state index in [4.69, 9.17) is 9.47 Å². The van der Waals surface area contributed by atoms with E-state index in [1.807, 2.05) is 0 Å². The van der Waals surface area contributed by atoms with E-state index in [2.05, 4.69) is 0 Å². The van der Waals surface area contributed by atoms with Crippen LogP contribution in [0.3, 0.4) is 0 Å². The summed E-state index contributed by atoms with van der Waals surface area (Å²) >= 11 is 0. The third-order valence-corrected chi connectivity index (χ3v) is 9.31. The van der Waals surface area contributed by atoms with Gasteiger partial charge in [0.1, 0.15) is 0 Å². The predicted molar refractivity (Wildman–Crippen MR) is 104 cm³/mol. The molecule has 0 radical (unpaired) electrons. The predicted octanol–water partition coefficient (Wildman–Crippen LogP) is -1.80. The van der Waals surface area contributed by atoms with Crippen LogP contribution < -0.4 is 0 Å². The maximum atomic E-state index is 12.9.